The number of halogens is 1. The third-order valence-corrected chi connectivity index (χ3v) is 4.54. The van der Waals surface area contributed by atoms with E-state index < -0.39 is 4.92 Å². The maximum Gasteiger partial charge on any atom is 0.269 e. The van der Waals surface area contributed by atoms with Gasteiger partial charge in [0.1, 0.15) is 11.5 Å². The second kappa shape index (κ2) is 9.23. The van der Waals surface area contributed by atoms with Crippen molar-refractivity contribution in [1.29, 1.82) is 0 Å². The predicted molar refractivity (Wildman–Crippen MR) is 102 cm³/mol. The first-order chi connectivity index (χ1) is 12.8. The second-order valence-corrected chi connectivity index (χ2v) is 6.37. The minimum Gasteiger partial charge on any atom is -0.497 e. The molecule has 27 heavy (non-hydrogen) atoms. The molecule has 144 valence electrons. The Labute approximate surface area is 162 Å². The average Bonchev–Trinajstić information content (AvgIpc) is 2.67. The van der Waals surface area contributed by atoms with E-state index in [1.165, 1.54) is 23.1 Å². The normalized spacial score (nSPS) is 10.4. The summed E-state index contributed by atoms with van der Waals surface area (Å²) in [6.07, 6.45) is 0.735. The van der Waals surface area contributed by atoms with Crippen LogP contribution in [0.25, 0.3) is 0 Å². The lowest BCUT2D eigenvalue weighted by Crippen LogP contribution is -2.26. The van der Waals surface area contributed by atoms with Gasteiger partial charge >= 0.3 is 0 Å². The molecule has 0 aliphatic carbocycles. The third-order valence-electron chi connectivity index (χ3n) is 4.17. The molecule has 0 bridgehead atoms. The molecule has 2 rings (SSSR count). The monoisotopic (exact) mass is 392 g/mol. The molecule has 0 radical (unpaired) electrons. The summed E-state index contributed by atoms with van der Waals surface area (Å²) in [6.45, 7) is 0.189. The van der Waals surface area contributed by atoms with Crippen molar-refractivity contribution in [1.82, 2.24) is 4.90 Å². The van der Waals surface area contributed by atoms with Crippen LogP contribution in [-0.2, 0) is 17.8 Å². The molecule has 0 aromatic heterocycles. The number of hydrogen-bond acceptors (Lipinski definition) is 5. The zero-order chi connectivity index (χ0) is 20.0. The number of nitrogens with zero attached hydrogens (tertiary/aromatic N) is 2. The van der Waals surface area contributed by atoms with Gasteiger partial charge in [0.25, 0.3) is 5.69 Å². The fraction of sp³-hybridized carbons (Fsp3) is 0.316. The average molecular weight is 393 g/mol. The second-order valence-electron chi connectivity index (χ2n) is 5.96. The van der Waals surface area contributed by atoms with Crippen LogP contribution in [-0.4, -0.2) is 37.0 Å². The number of nitro groups is 1. The van der Waals surface area contributed by atoms with Crippen LogP contribution in [0.5, 0.6) is 11.5 Å². The molecule has 0 unspecified atom stereocenters. The van der Waals surface area contributed by atoms with Gasteiger partial charge in [0, 0.05) is 37.2 Å². The number of nitro benzene ring substituents is 1. The van der Waals surface area contributed by atoms with Gasteiger partial charge in [0.2, 0.25) is 5.91 Å². The van der Waals surface area contributed by atoms with Crippen molar-refractivity contribution in [3.63, 3.8) is 0 Å². The molecule has 0 saturated heterocycles. The maximum atomic E-state index is 12.5. The van der Waals surface area contributed by atoms with Crippen molar-refractivity contribution < 1.29 is 19.2 Å². The van der Waals surface area contributed by atoms with E-state index in [2.05, 4.69) is 0 Å². The minimum absolute atomic E-state index is 0.0589. The first-order valence-corrected chi connectivity index (χ1v) is 8.61. The highest BCUT2D eigenvalue weighted by Gasteiger charge is 2.16. The molecule has 1 amide bonds. The Kier molecular flexibility index (Phi) is 7.01. The summed E-state index contributed by atoms with van der Waals surface area (Å²) in [5.41, 5.74) is 1.34. The molecule has 7 nitrogen and oxygen atoms in total. The highest BCUT2D eigenvalue weighted by molar-refractivity contribution is 6.31. The van der Waals surface area contributed by atoms with Crippen LogP contribution >= 0.6 is 11.6 Å². The Morgan fingerprint density at radius 1 is 1.15 bits per heavy atom. The first kappa shape index (κ1) is 20.5. The Bertz CT molecular complexity index is 841. The van der Waals surface area contributed by atoms with Crippen molar-refractivity contribution in [2.75, 3.05) is 21.3 Å². The molecule has 2 aromatic carbocycles. The number of rotatable bonds is 8. The molecule has 0 aliphatic heterocycles. The summed E-state index contributed by atoms with van der Waals surface area (Å²) in [7, 11) is 4.79. The van der Waals surface area contributed by atoms with Gasteiger partial charge in [-0.3, -0.25) is 14.9 Å². The van der Waals surface area contributed by atoms with Gasteiger partial charge in [-0.05, 0) is 41.8 Å². The van der Waals surface area contributed by atoms with E-state index in [1.807, 2.05) is 6.07 Å². The van der Waals surface area contributed by atoms with E-state index in [0.717, 1.165) is 5.56 Å². The van der Waals surface area contributed by atoms with Gasteiger partial charge in [0.05, 0.1) is 19.1 Å². The quantitative estimate of drug-likeness (QED) is 0.503. The number of benzene rings is 2. The van der Waals surface area contributed by atoms with Crippen molar-refractivity contribution in [2.24, 2.45) is 0 Å². The lowest BCUT2D eigenvalue weighted by atomic mass is 10.1. The van der Waals surface area contributed by atoms with E-state index >= 15 is 0 Å². The van der Waals surface area contributed by atoms with Crippen molar-refractivity contribution >= 4 is 23.2 Å². The van der Waals surface area contributed by atoms with Gasteiger partial charge in [-0.15, -0.1) is 0 Å². The van der Waals surface area contributed by atoms with Crippen molar-refractivity contribution in [3.05, 3.63) is 62.7 Å². The number of hydrogen-bond donors (Lipinski definition) is 0. The minimum atomic E-state index is -0.489. The number of non-ortho nitro benzene ring substituents is 1. The summed E-state index contributed by atoms with van der Waals surface area (Å²) >= 11 is 6.10. The lowest BCUT2D eigenvalue weighted by molar-refractivity contribution is -0.384. The van der Waals surface area contributed by atoms with Crippen LogP contribution in [0.15, 0.2) is 36.4 Å². The highest BCUT2D eigenvalue weighted by atomic mass is 35.5. The van der Waals surface area contributed by atoms with Crippen LogP contribution in [0.2, 0.25) is 5.02 Å². The van der Waals surface area contributed by atoms with Crippen molar-refractivity contribution in [3.8, 4) is 11.5 Å². The predicted octanol–water partition coefficient (Wildman–Crippen LogP) is 3.86. The Balaban J connectivity index is 2.04. The van der Waals surface area contributed by atoms with Crippen LogP contribution < -0.4 is 9.47 Å². The van der Waals surface area contributed by atoms with Crippen LogP contribution in [0.1, 0.15) is 17.5 Å². The van der Waals surface area contributed by atoms with E-state index in [1.54, 1.807) is 33.4 Å². The van der Waals surface area contributed by atoms with E-state index in [9.17, 15) is 14.9 Å². The molecule has 2 aromatic rings. The fourth-order valence-corrected chi connectivity index (χ4v) is 2.83. The molecule has 0 aliphatic rings. The highest BCUT2D eigenvalue weighted by Crippen LogP contribution is 2.26. The van der Waals surface area contributed by atoms with E-state index in [-0.39, 0.29) is 24.6 Å². The number of amides is 1. The summed E-state index contributed by atoms with van der Waals surface area (Å²) in [5.74, 6) is 1.27. The third kappa shape index (κ3) is 5.34. The van der Waals surface area contributed by atoms with Crippen LogP contribution in [0.4, 0.5) is 5.69 Å². The fourth-order valence-electron chi connectivity index (χ4n) is 2.65. The molecule has 0 fully saturated rings. The van der Waals surface area contributed by atoms with Crippen LogP contribution in [0, 0.1) is 10.1 Å². The Hall–Kier alpha value is -2.80. The summed E-state index contributed by atoms with van der Waals surface area (Å²) in [5, 5.41) is 11.3. The first-order valence-electron chi connectivity index (χ1n) is 8.23. The molecule has 0 saturated carbocycles. The number of carbonyl (C=O) groups excluding carboxylic acids is 1. The topological polar surface area (TPSA) is 81.9 Å². The van der Waals surface area contributed by atoms with Gasteiger partial charge < -0.3 is 14.4 Å². The molecule has 0 spiro atoms. The van der Waals surface area contributed by atoms with Gasteiger partial charge in [-0.1, -0.05) is 11.6 Å². The maximum absolute atomic E-state index is 12.5. The molecule has 0 atom stereocenters. The SMILES string of the molecule is COc1ccc(OC)c(CCC(=O)N(C)Cc2cc([N+](=O)[O-])ccc2Cl)c1. The molecule has 0 N–H and O–H groups in total. The van der Waals surface area contributed by atoms with E-state index in [4.69, 9.17) is 21.1 Å². The zero-order valence-electron chi connectivity index (χ0n) is 15.4. The zero-order valence-corrected chi connectivity index (χ0v) is 16.2. The molecule has 8 heteroatoms. The molecular formula is C19H21ClN2O5. The van der Waals surface area contributed by atoms with Crippen LogP contribution in [0.3, 0.4) is 0 Å². The van der Waals surface area contributed by atoms with Gasteiger partial charge in [-0.2, -0.15) is 0 Å². The number of methoxy groups -OCH3 is 2. The summed E-state index contributed by atoms with van der Waals surface area (Å²) in [4.78, 5) is 24.4. The van der Waals surface area contributed by atoms with Gasteiger partial charge in [-0.25, -0.2) is 0 Å². The number of aryl methyl sites for hydroxylation is 1. The standard InChI is InChI=1S/C19H21ClN2O5/c1-21(12-14-10-15(22(24)25)5-7-17(14)20)19(23)9-4-13-11-16(26-2)6-8-18(13)27-3/h5-8,10-11H,4,9,12H2,1-3H3. The molecular weight excluding hydrogens is 372 g/mol. The van der Waals surface area contributed by atoms with E-state index in [0.29, 0.717) is 28.5 Å². The largest absolute Gasteiger partial charge is 0.497 e. The van der Waals surface area contributed by atoms with Crippen molar-refractivity contribution in [2.45, 2.75) is 19.4 Å². The smallest absolute Gasteiger partial charge is 0.269 e. The summed E-state index contributed by atoms with van der Waals surface area (Å²) < 4.78 is 10.5. The number of ether oxygens (including phenoxy) is 2. The lowest BCUT2D eigenvalue weighted by Gasteiger charge is -2.18. The summed E-state index contributed by atoms with van der Waals surface area (Å²) in [6, 6.07) is 9.61. The number of carbonyl (C=O) groups is 1. The molecule has 0 heterocycles. The Morgan fingerprint density at radius 2 is 1.89 bits per heavy atom. The van der Waals surface area contributed by atoms with Gasteiger partial charge in [0.15, 0.2) is 0 Å². The Morgan fingerprint density at radius 3 is 2.52 bits per heavy atom.